The molecule has 0 aliphatic rings. The number of amides is 1. The van der Waals surface area contributed by atoms with E-state index in [1.54, 1.807) is 56.3 Å². The van der Waals surface area contributed by atoms with Crippen LogP contribution in [0.1, 0.15) is 29.8 Å². The molecule has 0 aromatic heterocycles. The van der Waals surface area contributed by atoms with Gasteiger partial charge in [-0.15, -0.1) is 10.2 Å². The molecule has 39 heavy (non-hydrogen) atoms. The lowest BCUT2D eigenvalue weighted by Crippen LogP contribution is -2.12. The van der Waals surface area contributed by atoms with Gasteiger partial charge < -0.3 is 15.2 Å². The van der Waals surface area contributed by atoms with Gasteiger partial charge in [0.2, 0.25) is 0 Å². The quantitative estimate of drug-likeness (QED) is 0.142. The first kappa shape index (κ1) is 28.3. The van der Waals surface area contributed by atoms with Crippen LogP contribution in [0.15, 0.2) is 75.8 Å². The average Bonchev–Trinajstić information content (AvgIpc) is 2.89. The Balaban J connectivity index is 1.81. The lowest BCUT2D eigenvalue weighted by atomic mass is 10.0. The van der Waals surface area contributed by atoms with Crippen molar-refractivity contribution in [1.82, 2.24) is 0 Å². The van der Waals surface area contributed by atoms with Crippen molar-refractivity contribution in [2.75, 3.05) is 11.9 Å². The van der Waals surface area contributed by atoms with Gasteiger partial charge in [0.05, 0.1) is 17.2 Å². The van der Waals surface area contributed by atoms with Gasteiger partial charge in [0.15, 0.2) is 5.75 Å². The second kappa shape index (κ2) is 11.6. The number of carbonyl (C=O) groups is 1. The predicted molar refractivity (Wildman–Crippen MR) is 151 cm³/mol. The summed E-state index contributed by atoms with van der Waals surface area (Å²) in [6.45, 7) is 3.86. The molecule has 0 saturated carbocycles. The molecule has 0 aliphatic carbocycles. The van der Waals surface area contributed by atoms with E-state index in [0.29, 0.717) is 33.8 Å². The fourth-order valence-electron chi connectivity index (χ4n) is 4.03. The van der Waals surface area contributed by atoms with Gasteiger partial charge in [-0.2, -0.15) is 8.42 Å². The number of halogens is 2. The highest BCUT2D eigenvalue weighted by Crippen LogP contribution is 2.41. The first-order valence-electron chi connectivity index (χ1n) is 11.7. The van der Waals surface area contributed by atoms with Gasteiger partial charge in [-0.05, 0) is 54.6 Å². The molecule has 202 valence electrons. The third-order valence-electron chi connectivity index (χ3n) is 5.78. The van der Waals surface area contributed by atoms with Crippen LogP contribution in [-0.4, -0.2) is 30.6 Å². The molecule has 3 N–H and O–H groups in total. The van der Waals surface area contributed by atoms with Crippen molar-refractivity contribution in [3.63, 3.8) is 0 Å². The van der Waals surface area contributed by atoms with E-state index >= 15 is 0 Å². The lowest BCUT2D eigenvalue weighted by molar-refractivity contribution is 0.102. The molecule has 0 radical (unpaired) electrons. The molecular formula is C27H23Cl2N3O6S. The zero-order valence-corrected chi connectivity index (χ0v) is 23.1. The van der Waals surface area contributed by atoms with Gasteiger partial charge >= 0.3 is 0 Å². The summed E-state index contributed by atoms with van der Waals surface area (Å²) in [4.78, 5) is 12.7. The van der Waals surface area contributed by atoms with E-state index in [-0.39, 0.29) is 33.9 Å². The molecule has 0 bridgehead atoms. The molecule has 0 aliphatic heterocycles. The number of ether oxygens (including phenoxy) is 1. The second-order valence-electron chi connectivity index (χ2n) is 8.28. The average molecular weight is 588 g/mol. The molecule has 4 rings (SSSR count). The molecule has 0 atom stereocenters. The van der Waals surface area contributed by atoms with Gasteiger partial charge in [0.25, 0.3) is 16.0 Å². The summed E-state index contributed by atoms with van der Waals surface area (Å²) in [5.74, 6) is -0.733. The van der Waals surface area contributed by atoms with Crippen LogP contribution in [-0.2, 0) is 16.5 Å². The number of benzene rings is 4. The van der Waals surface area contributed by atoms with Crippen molar-refractivity contribution in [3.8, 4) is 11.5 Å². The third kappa shape index (κ3) is 5.99. The lowest BCUT2D eigenvalue weighted by Gasteiger charge is -2.13. The van der Waals surface area contributed by atoms with Crippen molar-refractivity contribution < 1.29 is 27.6 Å². The van der Waals surface area contributed by atoms with Gasteiger partial charge in [-0.3, -0.25) is 9.35 Å². The van der Waals surface area contributed by atoms with E-state index in [1.807, 2.05) is 0 Å². The number of aromatic hydroxyl groups is 1. The third-order valence-corrected chi connectivity index (χ3v) is 7.42. The number of nitrogens with one attached hydrogen (secondary N) is 1. The van der Waals surface area contributed by atoms with Crippen LogP contribution in [0, 0.1) is 0 Å². The summed E-state index contributed by atoms with van der Waals surface area (Å²) in [7, 11) is -4.71. The molecule has 1 amide bonds. The Hall–Kier alpha value is -3.70. The monoisotopic (exact) mass is 587 g/mol. The van der Waals surface area contributed by atoms with Gasteiger partial charge in [0.1, 0.15) is 22.0 Å². The maximum Gasteiger partial charge on any atom is 0.297 e. The van der Waals surface area contributed by atoms with Crippen LogP contribution in [0.3, 0.4) is 0 Å². The molecule has 0 spiro atoms. The molecule has 0 saturated heterocycles. The predicted octanol–water partition coefficient (Wildman–Crippen LogP) is 7.73. The van der Waals surface area contributed by atoms with E-state index in [4.69, 9.17) is 27.9 Å². The number of hydrogen-bond donors (Lipinski definition) is 3. The molecule has 4 aromatic rings. The number of nitrogens with zero attached hydrogens (tertiary/aromatic N) is 2. The number of anilines is 1. The number of phenols is 1. The van der Waals surface area contributed by atoms with Gasteiger partial charge in [-0.1, -0.05) is 54.4 Å². The molecule has 0 unspecified atom stereocenters. The van der Waals surface area contributed by atoms with Crippen molar-refractivity contribution in [2.24, 2.45) is 10.2 Å². The van der Waals surface area contributed by atoms with Gasteiger partial charge in [-0.25, -0.2) is 0 Å². The van der Waals surface area contributed by atoms with Crippen LogP contribution in [0.2, 0.25) is 10.0 Å². The van der Waals surface area contributed by atoms with E-state index in [1.165, 1.54) is 18.2 Å². The van der Waals surface area contributed by atoms with Crippen molar-refractivity contribution >= 4 is 67.1 Å². The standard InChI is InChI=1S/C27H23Cl2N3O6S/c1-3-17-20(28)11-12-22(26(17)39(35,36)37)31-32-24-18-8-6-5-7-15(18)13-19(25(24)33)27(34)30-16-9-10-21(29)23(14-16)38-4-2/h5-14,33H,3-4H2,1-2H3,(H,30,34)(H,35,36,37). The summed E-state index contributed by atoms with van der Waals surface area (Å²) in [5, 5.41) is 23.5. The summed E-state index contributed by atoms with van der Waals surface area (Å²) >= 11 is 12.3. The number of azo groups is 1. The topological polar surface area (TPSA) is 138 Å². The Morgan fingerprint density at radius 3 is 2.41 bits per heavy atom. The second-order valence-corrected chi connectivity index (χ2v) is 10.5. The minimum Gasteiger partial charge on any atom is -0.505 e. The van der Waals surface area contributed by atoms with Crippen molar-refractivity contribution in [1.29, 1.82) is 0 Å². The molecule has 4 aromatic carbocycles. The van der Waals surface area contributed by atoms with Crippen LogP contribution in [0.5, 0.6) is 11.5 Å². The summed E-state index contributed by atoms with van der Waals surface area (Å²) in [6, 6.07) is 15.8. The maximum atomic E-state index is 13.2. The van der Waals surface area contributed by atoms with Crippen LogP contribution in [0.25, 0.3) is 10.8 Å². The smallest absolute Gasteiger partial charge is 0.297 e. The molecule has 9 nitrogen and oxygen atoms in total. The fourth-order valence-corrected chi connectivity index (χ4v) is 5.49. The fraction of sp³-hybridized carbons (Fsp3) is 0.148. The number of rotatable bonds is 8. The highest BCUT2D eigenvalue weighted by Gasteiger charge is 2.23. The Morgan fingerprint density at radius 2 is 1.72 bits per heavy atom. The maximum absolute atomic E-state index is 13.2. The zero-order valence-electron chi connectivity index (χ0n) is 20.8. The Labute approximate surface area is 234 Å². The van der Waals surface area contributed by atoms with E-state index in [0.717, 1.165) is 0 Å². The highest BCUT2D eigenvalue weighted by atomic mass is 35.5. The SMILES string of the molecule is CCOc1cc(NC(=O)c2cc3ccccc3c(N=Nc3ccc(Cl)c(CC)c3S(=O)(=O)O)c2O)ccc1Cl. The Morgan fingerprint density at radius 1 is 1.00 bits per heavy atom. The number of carbonyl (C=O) groups excluding carboxylic acids is 1. The van der Waals surface area contributed by atoms with E-state index in [9.17, 15) is 22.9 Å². The molecule has 0 fully saturated rings. The van der Waals surface area contributed by atoms with Crippen molar-refractivity contribution in [2.45, 2.75) is 25.2 Å². The van der Waals surface area contributed by atoms with Crippen LogP contribution < -0.4 is 10.1 Å². The summed E-state index contributed by atoms with van der Waals surface area (Å²) < 4.78 is 39.6. The normalized spacial score (nSPS) is 11.7. The minimum absolute atomic E-state index is 0.0707. The summed E-state index contributed by atoms with van der Waals surface area (Å²) in [5.41, 5.74) is 0.207. The summed E-state index contributed by atoms with van der Waals surface area (Å²) in [6.07, 6.45) is 0.205. The highest BCUT2D eigenvalue weighted by molar-refractivity contribution is 7.86. The first-order chi connectivity index (χ1) is 18.5. The van der Waals surface area contributed by atoms with Crippen LogP contribution in [0.4, 0.5) is 17.1 Å². The van der Waals surface area contributed by atoms with E-state index in [2.05, 4.69) is 15.5 Å². The minimum atomic E-state index is -4.71. The number of fused-ring (bicyclic) bond motifs is 1. The van der Waals surface area contributed by atoms with Crippen LogP contribution >= 0.6 is 23.2 Å². The zero-order chi connectivity index (χ0) is 28.3. The van der Waals surface area contributed by atoms with Crippen molar-refractivity contribution in [3.05, 3.63) is 81.8 Å². The number of hydrogen-bond acceptors (Lipinski definition) is 7. The largest absolute Gasteiger partial charge is 0.505 e. The number of phenolic OH excluding ortho intramolecular Hbond substituents is 1. The Bertz CT molecular complexity index is 1720. The van der Waals surface area contributed by atoms with Gasteiger partial charge in [0, 0.05) is 22.2 Å². The first-order valence-corrected chi connectivity index (χ1v) is 13.9. The molecule has 12 heteroatoms. The molecule has 0 heterocycles. The Kier molecular flexibility index (Phi) is 8.41. The van der Waals surface area contributed by atoms with E-state index < -0.39 is 26.7 Å². The molecular weight excluding hydrogens is 565 g/mol.